The number of amides is 1. The van der Waals surface area contributed by atoms with Crippen molar-refractivity contribution in [3.8, 4) is 0 Å². The summed E-state index contributed by atoms with van der Waals surface area (Å²) in [6.45, 7) is 0. The van der Waals surface area contributed by atoms with E-state index in [9.17, 15) is 18.3 Å². The third-order valence-corrected chi connectivity index (χ3v) is 6.83. The van der Waals surface area contributed by atoms with Gasteiger partial charge in [0, 0.05) is 36.6 Å². The van der Waals surface area contributed by atoms with Crippen LogP contribution in [0.1, 0.15) is 5.69 Å². The number of hydrogen-bond donors (Lipinski definition) is 2. The van der Waals surface area contributed by atoms with Crippen molar-refractivity contribution in [1.29, 1.82) is 0 Å². The fraction of sp³-hybridized carbons (Fsp3) is 0.125. The number of carbonyl (C=O) groups excluding carboxylic acids is 1. The molecule has 3 heterocycles. The van der Waals surface area contributed by atoms with Crippen LogP contribution in [0.3, 0.4) is 0 Å². The van der Waals surface area contributed by atoms with Crippen molar-refractivity contribution in [2.45, 2.75) is 4.90 Å². The highest BCUT2D eigenvalue weighted by molar-refractivity contribution is 7.89. The zero-order valence-electron chi connectivity index (χ0n) is 13.8. The van der Waals surface area contributed by atoms with Crippen LogP contribution in [-0.2, 0) is 21.9 Å². The number of likely N-dealkylation sites (N-methyl/N-ethyl adjacent to an activating group) is 1. The van der Waals surface area contributed by atoms with E-state index in [1.165, 1.54) is 24.6 Å². The van der Waals surface area contributed by atoms with Crippen molar-refractivity contribution < 1.29 is 18.3 Å². The van der Waals surface area contributed by atoms with Crippen LogP contribution in [0, 0.1) is 0 Å². The Hall–Kier alpha value is -2.85. The number of rotatable bonds is 2. The van der Waals surface area contributed by atoms with Gasteiger partial charge in [0.2, 0.25) is 0 Å². The normalized spacial score (nSPS) is 16.0. The summed E-state index contributed by atoms with van der Waals surface area (Å²) in [6, 6.07) is 6.93. The number of aromatic nitrogens is 2. The maximum absolute atomic E-state index is 13.1. The first-order chi connectivity index (χ1) is 12.3. The number of aliphatic hydroxyl groups is 1. The zero-order valence-corrected chi connectivity index (χ0v) is 15.4. The topological polar surface area (TPSA) is 105 Å². The van der Waals surface area contributed by atoms with Crippen molar-refractivity contribution >= 4 is 49.1 Å². The number of anilines is 1. The second-order valence-electron chi connectivity index (χ2n) is 5.72. The standard InChI is InChI=1S/C16H14N4O4S2/c1-19-10-6-4-3-5-9(10)14-11(19)13(21)12(20(2)26(14,23)24)15(22)18-16-17-7-8-25-16/h3-8,21H,1-2H3,(H,17,18,22). The quantitative estimate of drug-likeness (QED) is 0.698. The smallest absolute Gasteiger partial charge is 0.278 e. The first-order valence-corrected chi connectivity index (χ1v) is 9.87. The molecular formula is C16H14N4O4S2. The molecule has 1 aliphatic rings. The van der Waals surface area contributed by atoms with E-state index < -0.39 is 21.7 Å². The van der Waals surface area contributed by atoms with E-state index in [0.717, 1.165) is 4.31 Å². The van der Waals surface area contributed by atoms with Crippen LogP contribution in [0.2, 0.25) is 0 Å². The van der Waals surface area contributed by atoms with Gasteiger partial charge in [0.05, 0.1) is 0 Å². The molecule has 0 fully saturated rings. The minimum absolute atomic E-state index is 0.0126. The Labute approximate surface area is 153 Å². The van der Waals surface area contributed by atoms with Gasteiger partial charge in [-0.25, -0.2) is 13.4 Å². The molecule has 3 aromatic rings. The maximum atomic E-state index is 13.1. The van der Waals surface area contributed by atoms with Gasteiger partial charge in [-0.2, -0.15) is 0 Å². The highest BCUT2D eigenvalue weighted by atomic mass is 32.2. The van der Waals surface area contributed by atoms with Crippen LogP contribution in [0.25, 0.3) is 16.7 Å². The average molecular weight is 390 g/mol. The van der Waals surface area contributed by atoms with Crippen molar-refractivity contribution in [1.82, 2.24) is 13.9 Å². The molecule has 10 heteroatoms. The lowest BCUT2D eigenvalue weighted by molar-refractivity contribution is -0.113. The number of aliphatic hydroxyl groups excluding tert-OH is 1. The van der Waals surface area contributed by atoms with E-state index in [4.69, 9.17) is 0 Å². The third-order valence-electron chi connectivity index (χ3n) is 4.31. The molecule has 0 atom stereocenters. The molecule has 0 bridgehead atoms. The molecule has 0 radical (unpaired) electrons. The number of benzene rings is 1. The molecule has 8 nitrogen and oxygen atoms in total. The summed E-state index contributed by atoms with van der Waals surface area (Å²) in [5.41, 5.74) is 0.384. The number of sulfonamides is 1. The van der Waals surface area contributed by atoms with Crippen LogP contribution in [0.15, 0.2) is 46.4 Å². The molecule has 2 N–H and O–H groups in total. The molecule has 4 rings (SSSR count). The van der Waals surface area contributed by atoms with Crippen LogP contribution in [0.5, 0.6) is 0 Å². The molecule has 1 aliphatic heterocycles. The Morgan fingerprint density at radius 3 is 2.69 bits per heavy atom. The van der Waals surface area contributed by atoms with Crippen LogP contribution in [0.4, 0.5) is 5.13 Å². The summed E-state index contributed by atoms with van der Waals surface area (Å²) in [7, 11) is -1.13. The number of fused-ring (bicyclic) bond motifs is 3. The second-order valence-corrected chi connectivity index (χ2v) is 8.52. The van der Waals surface area contributed by atoms with E-state index in [-0.39, 0.29) is 16.3 Å². The monoisotopic (exact) mass is 390 g/mol. The molecule has 1 amide bonds. The number of nitrogens with zero attached hydrogens (tertiary/aromatic N) is 3. The number of thiazole rings is 1. The van der Waals surface area contributed by atoms with Crippen molar-refractivity contribution in [3.05, 3.63) is 47.2 Å². The largest absolute Gasteiger partial charge is 0.504 e. The Bertz CT molecular complexity index is 1180. The Balaban J connectivity index is 1.98. The number of carbonyl (C=O) groups is 1. The van der Waals surface area contributed by atoms with Crippen LogP contribution < -0.4 is 5.32 Å². The molecular weight excluding hydrogens is 376 g/mol. The molecule has 0 saturated heterocycles. The molecule has 0 aliphatic carbocycles. The van der Waals surface area contributed by atoms with Crippen molar-refractivity contribution in [2.75, 3.05) is 12.4 Å². The summed E-state index contributed by atoms with van der Waals surface area (Å²) in [5, 5.41) is 15.8. The number of aryl methyl sites for hydroxylation is 1. The fourth-order valence-electron chi connectivity index (χ4n) is 3.10. The zero-order chi connectivity index (χ0) is 18.6. The lowest BCUT2D eigenvalue weighted by Crippen LogP contribution is -2.37. The minimum atomic E-state index is -4.02. The van der Waals surface area contributed by atoms with Crippen LogP contribution >= 0.6 is 11.3 Å². The van der Waals surface area contributed by atoms with Gasteiger partial charge in [-0.3, -0.25) is 14.4 Å². The predicted octanol–water partition coefficient (Wildman–Crippen LogP) is 2.13. The molecule has 0 unspecified atom stereocenters. The number of para-hydroxylation sites is 1. The summed E-state index contributed by atoms with van der Waals surface area (Å²) in [4.78, 5) is 16.6. The van der Waals surface area contributed by atoms with E-state index in [0.29, 0.717) is 16.0 Å². The Kier molecular flexibility index (Phi) is 3.56. The van der Waals surface area contributed by atoms with Gasteiger partial charge in [0.15, 0.2) is 16.6 Å². The van der Waals surface area contributed by atoms with E-state index >= 15 is 0 Å². The lowest BCUT2D eigenvalue weighted by atomic mass is 10.2. The SMILES string of the molecule is CN1C(C(=O)Nc2nccs2)=C(O)c2c(c3ccccc3n2C)S1(=O)=O. The summed E-state index contributed by atoms with van der Waals surface area (Å²) >= 11 is 1.19. The lowest BCUT2D eigenvalue weighted by Gasteiger charge is -2.27. The van der Waals surface area contributed by atoms with Gasteiger partial charge in [-0.15, -0.1) is 11.3 Å². The second kappa shape index (κ2) is 5.58. The number of nitrogens with one attached hydrogen (secondary N) is 1. The van der Waals surface area contributed by atoms with E-state index in [1.54, 1.807) is 41.3 Å². The summed E-state index contributed by atoms with van der Waals surface area (Å²) < 4.78 is 28.5. The average Bonchev–Trinajstić information content (AvgIpc) is 3.20. The van der Waals surface area contributed by atoms with Crippen molar-refractivity contribution in [2.24, 2.45) is 7.05 Å². The van der Waals surface area contributed by atoms with Gasteiger partial charge in [0.25, 0.3) is 15.9 Å². The number of hydrogen-bond acceptors (Lipinski definition) is 6. The summed E-state index contributed by atoms with van der Waals surface area (Å²) in [5.74, 6) is -1.15. The van der Waals surface area contributed by atoms with Crippen LogP contribution in [-0.4, -0.2) is 40.3 Å². The first kappa shape index (κ1) is 16.6. The molecule has 1 aromatic carbocycles. The molecule has 134 valence electrons. The molecule has 0 spiro atoms. The van der Waals surface area contributed by atoms with Gasteiger partial charge < -0.3 is 9.67 Å². The fourth-order valence-corrected chi connectivity index (χ4v) is 5.23. The van der Waals surface area contributed by atoms with Gasteiger partial charge in [-0.1, -0.05) is 18.2 Å². The Morgan fingerprint density at radius 1 is 1.27 bits per heavy atom. The van der Waals surface area contributed by atoms with Gasteiger partial charge >= 0.3 is 0 Å². The van der Waals surface area contributed by atoms with E-state index in [1.807, 2.05) is 0 Å². The minimum Gasteiger partial charge on any atom is -0.504 e. The van der Waals surface area contributed by atoms with Crippen molar-refractivity contribution in [3.63, 3.8) is 0 Å². The maximum Gasteiger partial charge on any atom is 0.278 e. The molecule has 0 saturated carbocycles. The molecule has 26 heavy (non-hydrogen) atoms. The van der Waals surface area contributed by atoms with E-state index in [2.05, 4.69) is 10.3 Å². The Morgan fingerprint density at radius 2 is 2.00 bits per heavy atom. The third kappa shape index (κ3) is 2.15. The predicted molar refractivity (Wildman–Crippen MR) is 98.2 cm³/mol. The highest BCUT2D eigenvalue weighted by Crippen LogP contribution is 2.40. The molecule has 2 aromatic heterocycles. The van der Waals surface area contributed by atoms with Gasteiger partial charge in [0.1, 0.15) is 10.6 Å². The summed E-state index contributed by atoms with van der Waals surface area (Å²) in [6.07, 6.45) is 1.51. The first-order valence-electron chi connectivity index (χ1n) is 7.55. The highest BCUT2D eigenvalue weighted by Gasteiger charge is 2.41. The van der Waals surface area contributed by atoms with Gasteiger partial charge in [-0.05, 0) is 6.07 Å².